The van der Waals surface area contributed by atoms with E-state index in [1.807, 2.05) is 37.8 Å². The Balaban J connectivity index is 1.44. The van der Waals surface area contributed by atoms with Crippen molar-refractivity contribution in [2.75, 3.05) is 44.6 Å². The summed E-state index contributed by atoms with van der Waals surface area (Å²) in [6.45, 7) is 8.76. The fraction of sp³-hybridized carbons (Fsp3) is 0.391. The summed E-state index contributed by atoms with van der Waals surface area (Å²) in [6, 6.07) is 11.3. The molecular formula is C23H28ClN3O3. The standard InChI is InChI=1S/C23H28ClN3O3/c1-16-12-17(2)23(18(3)13-16)30-15-22(29)27-10-8-26(9-11-27)14-21(28)25-20-7-5-4-6-19(20)24/h4-7,12-13H,8-11,14-15H2,1-3H3,(H,25,28). The van der Waals surface area contributed by atoms with Crippen molar-refractivity contribution < 1.29 is 14.3 Å². The van der Waals surface area contributed by atoms with E-state index in [4.69, 9.17) is 16.3 Å². The number of aryl methyl sites for hydroxylation is 3. The maximum absolute atomic E-state index is 12.6. The van der Waals surface area contributed by atoms with Gasteiger partial charge >= 0.3 is 0 Å². The number of amides is 2. The third-order valence-electron chi connectivity index (χ3n) is 5.18. The number of nitrogens with one attached hydrogen (secondary N) is 1. The molecule has 1 aliphatic heterocycles. The predicted molar refractivity (Wildman–Crippen MR) is 119 cm³/mol. The molecule has 2 aromatic rings. The smallest absolute Gasteiger partial charge is 0.260 e. The number of halogens is 1. The molecule has 1 fully saturated rings. The van der Waals surface area contributed by atoms with Gasteiger partial charge in [0.05, 0.1) is 17.3 Å². The molecule has 0 radical (unpaired) electrons. The van der Waals surface area contributed by atoms with Gasteiger partial charge < -0.3 is 15.0 Å². The van der Waals surface area contributed by atoms with E-state index in [1.165, 1.54) is 5.56 Å². The third-order valence-corrected chi connectivity index (χ3v) is 5.51. The Hall–Kier alpha value is -2.57. The zero-order valence-corrected chi connectivity index (χ0v) is 18.5. The first-order valence-electron chi connectivity index (χ1n) is 10.1. The SMILES string of the molecule is Cc1cc(C)c(OCC(=O)N2CCN(CC(=O)Nc3ccccc3Cl)CC2)c(C)c1. The van der Waals surface area contributed by atoms with Gasteiger partial charge in [-0.25, -0.2) is 0 Å². The number of carbonyl (C=O) groups is 2. The number of carbonyl (C=O) groups excluding carboxylic acids is 2. The highest BCUT2D eigenvalue weighted by molar-refractivity contribution is 6.33. The highest BCUT2D eigenvalue weighted by atomic mass is 35.5. The van der Waals surface area contributed by atoms with Crippen LogP contribution in [0.1, 0.15) is 16.7 Å². The van der Waals surface area contributed by atoms with Gasteiger partial charge in [-0.3, -0.25) is 14.5 Å². The van der Waals surface area contributed by atoms with Crippen LogP contribution in [0.15, 0.2) is 36.4 Å². The molecule has 0 aliphatic carbocycles. The second kappa shape index (κ2) is 9.96. The maximum Gasteiger partial charge on any atom is 0.260 e. The van der Waals surface area contributed by atoms with Crippen molar-refractivity contribution in [1.29, 1.82) is 0 Å². The van der Waals surface area contributed by atoms with Gasteiger partial charge in [0, 0.05) is 26.2 Å². The lowest BCUT2D eigenvalue weighted by atomic mass is 10.1. The highest BCUT2D eigenvalue weighted by Crippen LogP contribution is 2.24. The second-order valence-electron chi connectivity index (χ2n) is 7.70. The van der Waals surface area contributed by atoms with Gasteiger partial charge in [0.1, 0.15) is 5.75 Å². The first-order chi connectivity index (χ1) is 14.3. The van der Waals surface area contributed by atoms with Gasteiger partial charge in [-0.2, -0.15) is 0 Å². The summed E-state index contributed by atoms with van der Waals surface area (Å²) in [6.07, 6.45) is 0. The molecule has 1 aliphatic rings. The molecule has 0 bridgehead atoms. The first kappa shape index (κ1) is 22.1. The molecule has 30 heavy (non-hydrogen) atoms. The summed E-state index contributed by atoms with van der Waals surface area (Å²) in [7, 11) is 0. The lowest BCUT2D eigenvalue weighted by molar-refractivity contribution is -0.135. The monoisotopic (exact) mass is 429 g/mol. The van der Waals surface area contributed by atoms with Crippen LogP contribution in [0.5, 0.6) is 5.75 Å². The number of hydrogen-bond acceptors (Lipinski definition) is 4. The highest BCUT2D eigenvalue weighted by Gasteiger charge is 2.23. The Kier molecular flexibility index (Phi) is 7.34. The van der Waals surface area contributed by atoms with Crippen molar-refractivity contribution in [2.24, 2.45) is 0 Å². The molecule has 0 atom stereocenters. The maximum atomic E-state index is 12.6. The number of nitrogens with zero attached hydrogens (tertiary/aromatic N) is 2. The topological polar surface area (TPSA) is 61.9 Å². The van der Waals surface area contributed by atoms with Crippen LogP contribution in [-0.4, -0.2) is 60.9 Å². The molecule has 160 valence electrons. The Morgan fingerprint density at radius 2 is 1.67 bits per heavy atom. The molecule has 0 spiro atoms. The zero-order chi connectivity index (χ0) is 21.7. The summed E-state index contributed by atoms with van der Waals surface area (Å²) in [4.78, 5) is 28.7. The van der Waals surface area contributed by atoms with Gasteiger partial charge in [-0.1, -0.05) is 41.4 Å². The molecule has 2 aromatic carbocycles. The summed E-state index contributed by atoms with van der Waals surface area (Å²) < 4.78 is 5.83. The van der Waals surface area contributed by atoms with Crippen LogP contribution in [0.2, 0.25) is 5.02 Å². The molecule has 1 N–H and O–H groups in total. The number of ether oxygens (including phenoxy) is 1. The summed E-state index contributed by atoms with van der Waals surface area (Å²) >= 11 is 6.08. The molecular weight excluding hydrogens is 402 g/mol. The van der Waals surface area contributed by atoms with E-state index in [0.29, 0.717) is 36.9 Å². The quantitative estimate of drug-likeness (QED) is 0.764. The fourth-order valence-electron chi connectivity index (χ4n) is 3.73. The van der Waals surface area contributed by atoms with Crippen molar-refractivity contribution in [1.82, 2.24) is 9.80 Å². The zero-order valence-electron chi connectivity index (χ0n) is 17.7. The number of benzene rings is 2. The Morgan fingerprint density at radius 3 is 2.30 bits per heavy atom. The molecule has 6 nitrogen and oxygen atoms in total. The van der Waals surface area contributed by atoms with Crippen molar-refractivity contribution >= 4 is 29.1 Å². The molecule has 0 unspecified atom stereocenters. The minimum Gasteiger partial charge on any atom is -0.483 e. The van der Waals surface area contributed by atoms with Gasteiger partial charge in [0.25, 0.3) is 5.91 Å². The van der Waals surface area contributed by atoms with E-state index in [1.54, 1.807) is 17.0 Å². The summed E-state index contributed by atoms with van der Waals surface area (Å²) in [5, 5.41) is 3.35. The number of piperazine rings is 1. The molecule has 2 amide bonds. The van der Waals surface area contributed by atoms with E-state index >= 15 is 0 Å². The van der Waals surface area contributed by atoms with Crippen LogP contribution in [0.3, 0.4) is 0 Å². The van der Waals surface area contributed by atoms with Crippen LogP contribution in [0.25, 0.3) is 0 Å². The van der Waals surface area contributed by atoms with Crippen LogP contribution >= 0.6 is 11.6 Å². The van der Waals surface area contributed by atoms with Crippen LogP contribution in [-0.2, 0) is 9.59 Å². The number of para-hydroxylation sites is 1. The molecule has 0 aromatic heterocycles. The van der Waals surface area contributed by atoms with E-state index in [9.17, 15) is 9.59 Å². The average Bonchev–Trinajstić information content (AvgIpc) is 2.69. The third kappa shape index (κ3) is 5.74. The van der Waals surface area contributed by atoms with Crippen molar-refractivity contribution in [2.45, 2.75) is 20.8 Å². The summed E-state index contributed by atoms with van der Waals surface area (Å²) in [5.74, 6) is 0.634. The largest absolute Gasteiger partial charge is 0.483 e. The second-order valence-corrected chi connectivity index (χ2v) is 8.11. The first-order valence-corrected chi connectivity index (χ1v) is 10.5. The van der Waals surface area contributed by atoms with E-state index < -0.39 is 0 Å². The van der Waals surface area contributed by atoms with Gasteiger partial charge in [-0.15, -0.1) is 0 Å². The molecule has 0 saturated carbocycles. The summed E-state index contributed by atoms with van der Waals surface area (Å²) in [5.41, 5.74) is 3.86. The van der Waals surface area contributed by atoms with E-state index in [2.05, 4.69) is 17.4 Å². The molecule has 3 rings (SSSR count). The number of rotatable bonds is 6. The van der Waals surface area contributed by atoms with Crippen molar-refractivity contribution in [3.63, 3.8) is 0 Å². The van der Waals surface area contributed by atoms with Gasteiger partial charge in [0.15, 0.2) is 6.61 Å². The predicted octanol–water partition coefficient (Wildman–Crippen LogP) is 3.43. The Bertz CT molecular complexity index is 901. The Morgan fingerprint density at radius 1 is 1.03 bits per heavy atom. The average molecular weight is 430 g/mol. The lowest BCUT2D eigenvalue weighted by Gasteiger charge is -2.34. The van der Waals surface area contributed by atoms with Gasteiger partial charge in [-0.05, 0) is 44.0 Å². The van der Waals surface area contributed by atoms with Crippen LogP contribution in [0.4, 0.5) is 5.69 Å². The van der Waals surface area contributed by atoms with Gasteiger partial charge in [0.2, 0.25) is 5.91 Å². The minimum atomic E-state index is -0.114. The molecule has 7 heteroatoms. The normalized spacial score (nSPS) is 14.5. The van der Waals surface area contributed by atoms with Crippen molar-refractivity contribution in [3.05, 3.63) is 58.1 Å². The van der Waals surface area contributed by atoms with E-state index in [0.717, 1.165) is 16.9 Å². The Labute approximate surface area is 182 Å². The van der Waals surface area contributed by atoms with Crippen LogP contribution < -0.4 is 10.1 Å². The fourth-order valence-corrected chi connectivity index (χ4v) is 3.91. The van der Waals surface area contributed by atoms with Crippen molar-refractivity contribution in [3.8, 4) is 5.75 Å². The molecule has 1 heterocycles. The van der Waals surface area contributed by atoms with Crippen LogP contribution in [0, 0.1) is 20.8 Å². The van der Waals surface area contributed by atoms with E-state index in [-0.39, 0.29) is 25.0 Å². The lowest BCUT2D eigenvalue weighted by Crippen LogP contribution is -2.51. The molecule has 1 saturated heterocycles. The number of anilines is 1. The number of hydrogen-bond donors (Lipinski definition) is 1. The minimum absolute atomic E-state index is 0.0255.